The highest BCUT2D eigenvalue weighted by Crippen LogP contribution is 2.20. The second-order valence-electron chi connectivity index (χ2n) is 5.82. The maximum Gasteiger partial charge on any atom is 0.245 e. The van der Waals surface area contributed by atoms with Crippen molar-refractivity contribution in [3.8, 4) is 0 Å². The third kappa shape index (κ3) is 2.86. The zero-order valence-electron chi connectivity index (χ0n) is 11.8. The van der Waals surface area contributed by atoms with Crippen molar-refractivity contribution in [1.82, 2.24) is 15.1 Å². The topological polar surface area (TPSA) is 72.9 Å². The van der Waals surface area contributed by atoms with Gasteiger partial charge in [-0.2, -0.15) is 5.10 Å². The molecule has 0 radical (unpaired) electrons. The van der Waals surface area contributed by atoms with Crippen molar-refractivity contribution in [2.45, 2.75) is 39.3 Å². The minimum Gasteiger partial charge on any atom is -0.399 e. The summed E-state index contributed by atoms with van der Waals surface area (Å²) >= 11 is 0. The lowest BCUT2D eigenvalue weighted by molar-refractivity contribution is -0.125. The molecule has 2 aromatic rings. The first-order valence-electron chi connectivity index (χ1n) is 6.33. The third-order valence-electron chi connectivity index (χ3n) is 2.87. The van der Waals surface area contributed by atoms with Crippen molar-refractivity contribution in [2.24, 2.45) is 0 Å². The van der Waals surface area contributed by atoms with Crippen LogP contribution in [0.5, 0.6) is 0 Å². The number of nitrogens with two attached hydrogens (primary N) is 1. The van der Waals surface area contributed by atoms with E-state index in [1.807, 2.05) is 45.9 Å². The minimum atomic E-state index is -0.376. The average Bonchev–Trinajstić information content (AvgIpc) is 2.68. The van der Waals surface area contributed by atoms with Gasteiger partial charge in [-0.05, 0) is 45.9 Å². The van der Waals surface area contributed by atoms with E-state index in [9.17, 15) is 4.79 Å². The van der Waals surface area contributed by atoms with Crippen LogP contribution in [-0.2, 0) is 4.79 Å². The van der Waals surface area contributed by atoms with Crippen molar-refractivity contribution in [1.29, 1.82) is 0 Å². The molecule has 1 heterocycles. The van der Waals surface area contributed by atoms with E-state index in [0.717, 1.165) is 10.9 Å². The summed E-state index contributed by atoms with van der Waals surface area (Å²) in [5, 5.41) is 8.22. The number of rotatable bonds is 2. The number of aromatic nitrogens is 2. The number of hydrogen-bond acceptors (Lipinski definition) is 3. The number of amides is 1. The quantitative estimate of drug-likeness (QED) is 0.812. The zero-order chi connectivity index (χ0) is 14.2. The second kappa shape index (κ2) is 4.57. The van der Waals surface area contributed by atoms with Gasteiger partial charge in [0.15, 0.2) is 0 Å². The molecule has 1 aromatic heterocycles. The first-order valence-corrected chi connectivity index (χ1v) is 6.33. The molecule has 3 N–H and O–H groups in total. The first-order chi connectivity index (χ1) is 8.78. The molecule has 0 bridgehead atoms. The number of nitrogen functional groups attached to an aromatic ring is 1. The van der Waals surface area contributed by atoms with Crippen molar-refractivity contribution < 1.29 is 4.79 Å². The summed E-state index contributed by atoms with van der Waals surface area (Å²) in [4.78, 5) is 12.2. The molecule has 1 amide bonds. The van der Waals surface area contributed by atoms with E-state index in [0.29, 0.717) is 5.69 Å². The third-order valence-corrected chi connectivity index (χ3v) is 2.87. The van der Waals surface area contributed by atoms with Crippen LogP contribution in [0.25, 0.3) is 10.9 Å². The Labute approximate surface area is 112 Å². The van der Waals surface area contributed by atoms with Gasteiger partial charge < -0.3 is 11.1 Å². The molecule has 0 aliphatic carbocycles. The Morgan fingerprint density at radius 2 is 2.11 bits per heavy atom. The molecular weight excluding hydrogens is 240 g/mol. The summed E-state index contributed by atoms with van der Waals surface area (Å²) < 4.78 is 1.70. The molecule has 1 unspecified atom stereocenters. The van der Waals surface area contributed by atoms with Gasteiger partial charge in [-0.1, -0.05) is 0 Å². The van der Waals surface area contributed by atoms with Crippen LogP contribution in [0.2, 0.25) is 0 Å². The van der Waals surface area contributed by atoms with Crippen LogP contribution >= 0.6 is 0 Å². The van der Waals surface area contributed by atoms with Crippen LogP contribution < -0.4 is 11.1 Å². The molecule has 0 fully saturated rings. The predicted octanol–water partition coefficient (Wildman–Crippen LogP) is 2.09. The molecular formula is C14H20N4O. The highest BCUT2D eigenvalue weighted by molar-refractivity contribution is 5.86. The Kier molecular flexibility index (Phi) is 3.22. The fraction of sp³-hybridized carbons (Fsp3) is 0.429. The monoisotopic (exact) mass is 260 g/mol. The van der Waals surface area contributed by atoms with E-state index < -0.39 is 0 Å². The van der Waals surface area contributed by atoms with Crippen LogP contribution in [0.1, 0.15) is 33.7 Å². The number of hydrogen-bond donors (Lipinski definition) is 2. The van der Waals surface area contributed by atoms with E-state index in [1.54, 1.807) is 10.9 Å². The summed E-state index contributed by atoms with van der Waals surface area (Å²) in [6.07, 6.45) is 1.75. The van der Waals surface area contributed by atoms with E-state index in [1.165, 1.54) is 0 Å². The maximum atomic E-state index is 12.2. The zero-order valence-corrected chi connectivity index (χ0v) is 11.8. The fourth-order valence-corrected chi connectivity index (χ4v) is 1.95. The molecule has 102 valence electrons. The standard InChI is InChI=1S/C14H20N4O/c1-9(13(19)17-14(2,3)4)18-12-7-11(15)6-5-10(12)8-16-18/h5-9H,15H2,1-4H3,(H,17,19). The SMILES string of the molecule is CC(C(=O)NC(C)(C)C)n1ncc2ccc(N)cc21. The van der Waals surface area contributed by atoms with E-state index in [4.69, 9.17) is 5.73 Å². The van der Waals surface area contributed by atoms with Crippen LogP contribution in [-0.4, -0.2) is 21.2 Å². The Morgan fingerprint density at radius 3 is 2.74 bits per heavy atom. The smallest absolute Gasteiger partial charge is 0.245 e. The molecule has 19 heavy (non-hydrogen) atoms. The lowest BCUT2D eigenvalue weighted by Gasteiger charge is -2.23. The molecule has 0 saturated carbocycles. The van der Waals surface area contributed by atoms with Crippen LogP contribution in [0.4, 0.5) is 5.69 Å². The number of benzene rings is 1. The summed E-state index contributed by atoms with van der Waals surface area (Å²) in [7, 11) is 0. The number of fused-ring (bicyclic) bond motifs is 1. The van der Waals surface area contributed by atoms with Crippen LogP contribution in [0.3, 0.4) is 0 Å². The van der Waals surface area contributed by atoms with Gasteiger partial charge in [-0.3, -0.25) is 9.48 Å². The molecule has 0 aliphatic rings. The lowest BCUT2D eigenvalue weighted by atomic mass is 10.1. The van der Waals surface area contributed by atoms with E-state index in [-0.39, 0.29) is 17.5 Å². The summed E-state index contributed by atoms with van der Waals surface area (Å²) in [6.45, 7) is 7.70. The van der Waals surface area contributed by atoms with Crippen LogP contribution in [0, 0.1) is 0 Å². The Bertz CT molecular complexity index is 609. The van der Waals surface area contributed by atoms with Gasteiger partial charge in [0.2, 0.25) is 5.91 Å². The normalized spacial score (nSPS) is 13.5. The molecule has 1 aromatic carbocycles. The second-order valence-corrected chi connectivity index (χ2v) is 5.82. The van der Waals surface area contributed by atoms with Gasteiger partial charge in [0.05, 0.1) is 11.7 Å². The highest BCUT2D eigenvalue weighted by Gasteiger charge is 2.22. The average molecular weight is 260 g/mol. The Balaban J connectivity index is 2.33. The molecule has 5 nitrogen and oxygen atoms in total. The van der Waals surface area contributed by atoms with Crippen molar-refractivity contribution in [3.05, 3.63) is 24.4 Å². The Hall–Kier alpha value is -2.04. The maximum absolute atomic E-state index is 12.2. The number of nitrogens with one attached hydrogen (secondary N) is 1. The van der Waals surface area contributed by atoms with Gasteiger partial charge in [0.25, 0.3) is 0 Å². The van der Waals surface area contributed by atoms with Crippen molar-refractivity contribution in [2.75, 3.05) is 5.73 Å². The number of carbonyl (C=O) groups excluding carboxylic acids is 1. The Morgan fingerprint density at radius 1 is 1.42 bits per heavy atom. The van der Waals surface area contributed by atoms with Gasteiger partial charge in [-0.25, -0.2) is 0 Å². The fourth-order valence-electron chi connectivity index (χ4n) is 1.95. The first kappa shape index (κ1) is 13.4. The number of anilines is 1. The van der Waals surface area contributed by atoms with E-state index >= 15 is 0 Å². The van der Waals surface area contributed by atoms with Gasteiger partial charge >= 0.3 is 0 Å². The summed E-state index contributed by atoms with van der Waals surface area (Å²) in [5.74, 6) is -0.0556. The lowest BCUT2D eigenvalue weighted by Crippen LogP contribution is -2.43. The molecule has 1 atom stereocenters. The molecule has 0 aliphatic heterocycles. The number of nitrogens with zero attached hydrogens (tertiary/aromatic N) is 2. The molecule has 0 spiro atoms. The van der Waals surface area contributed by atoms with Gasteiger partial charge in [0, 0.05) is 16.6 Å². The predicted molar refractivity (Wildman–Crippen MR) is 76.8 cm³/mol. The van der Waals surface area contributed by atoms with E-state index in [2.05, 4.69) is 10.4 Å². The molecule has 5 heteroatoms. The largest absolute Gasteiger partial charge is 0.399 e. The van der Waals surface area contributed by atoms with Crippen molar-refractivity contribution in [3.63, 3.8) is 0 Å². The van der Waals surface area contributed by atoms with Gasteiger partial charge in [-0.15, -0.1) is 0 Å². The minimum absolute atomic E-state index is 0.0556. The molecule has 0 saturated heterocycles. The number of carbonyl (C=O) groups is 1. The molecule has 2 rings (SSSR count). The summed E-state index contributed by atoms with van der Waals surface area (Å²) in [6, 6.07) is 5.19. The van der Waals surface area contributed by atoms with Gasteiger partial charge in [0.1, 0.15) is 6.04 Å². The summed E-state index contributed by atoms with van der Waals surface area (Å²) in [5.41, 5.74) is 7.07. The highest BCUT2D eigenvalue weighted by atomic mass is 16.2. The van der Waals surface area contributed by atoms with Crippen molar-refractivity contribution >= 4 is 22.5 Å². The van der Waals surface area contributed by atoms with Crippen LogP contribution in [0.15, 0.2) is 24.4 Å².